The van der Waals surface area contributed by atoms with Crippen molar-refractivity contribution in [3.8, 4) is 0 Å². The van der Waals surface area contributed by atoms with Crippen molar-refractivity contribution in [2.45, 2.75) is 43.6 Å². The molecule has 1 nitrogen and oxygen atoms in total. The fraction of sp³-hybridized carbons (Fsp3) is 1.00. The molecule has 0 aromatic heterocycles. The van der Waals surface area contributed by atoms with Gasteiger partial charge in [0, 0.05) is 16.5 Å². The van der Waals surface area contributed by atoms with E-state index in [1.165, 1.54) is 12.8 Å². The molecule has 1 rings (SSSR count). The van der Waals surface area contributed by atoms with Crippen molar-refractivity contribution in [2.24, 2.45) is 11.7 Å². The molecule has 0 bridgehead atoms. The van der Waals surface area contributed by atoms with Crippen LogP contribution in [-0.2, 0) is 0 Å². The molecule has 0 saturated heterocycles. The summed E-state index contributed by atoms with van der Waals surface area (Å²) in [5, 5.41) is 0.781. The van der Waals surface area contributed by atoms with E-state index in [1.54, 1.807) is 0 Å². The molecular weight excluding hydrogens is 154 g/mol. The van der Waals surface area contributed by atoms with Crippen LogP contribution >= 0.6 is 11.8 Å². The van der Waals surface area contributed by atoms with Crippen molar-refractivity contribution >= 4 is 11.8 Å². The summed E-state index contributed by atoms with van der Waals surface area (Å²) in [6, 6.07) is 0. The van der Waals surface area contributed by atoms with Gasteiger partial charge in [-0.3, -0.25) is 0 Å². The second kappa shape index (κ2) is 3.36. The van der Waals surface area contributed by atoms with E-state index in [0.29, 0.717) is 4.75 Å². The third kappa shape index (κ3) is 1.91. The van der Waals surface area contributed by atoms with E-state index >= 15 is 0 Å². The fourth-order valence-corrected chi connectivity index (χ4v) is 3.08. The minimum atomic E-state index is 0.468. The highest BCUT2D eigenvalue weighted by atomic mass is 32.2. The molecule has 1 saturated carbocycles. The summed E-state index contributed by atoms with van der Waals surface area (Å²) in [5.41, 5.74) is 5.74. The Labute approximate surface area is 74.1 Å². The SMILES string of the molecule is CCC(C)SC1(CN)CC1C. The highest BCUT2D eigenvalue weighted by Gasteiger charge is 2.50. The quantitative estimate of drug-likeness (QED) is 0.705. The van der Waals surface area contributed by atoms with Crippen LogP contribution in [0.25, 0.3) is 0 Å². The molecule has 0 aromatic carbocycles. The highest BCUT2D eigenvalue weighted by molar-refractivity contribution is 8.01. The molecule has 3 atom stereocenters. The van der Waals surface area contributed by atoms with E-state index < -0.39 is 0 Å². The van der Waals surface area contributed by atoms with Gasteiger partial charge in [0.2, 0.25) is 0 Å². The van der Waals surface area contributed by atoms with Crippen molar-refractivity contribution in [2.75, 3.05) is 6.54 Å². The summed E-state index contributed by atoms with van der Waals surface area (Å²) in [4.78, 5) is 0. The van der Waals surface area contributed by atoms with Gasteiger partial charge in [-0.15, -0.1) is 0 Å². The summed E-state index contributed by atoms with van der Waals surface area (Å²) < 4.78 is 0.468. The third-order valence-corrected chi connectivity index (χ3v) is 4.69. The topological polar surface area (TPSA) is 26.0 Å². The lowest BCUT2D eigenvalue weighted by Gasteiger charge is -2.17. The average Bonchev–Trinajstić information content (AvgIpc) is 2.62. The number of hydrogen-bond donors (Lipinski definition) is 1. The maximum Gasteiger partial charge on any atom is 0.0313 e. The van der Waals surface area contributed by atoms with Gasteiger partial charge in [0.05, 0.1) is 0 Å². The molecule has 0 amide bonds. The van der Waals surface area contributed by atoms with Crippen LogP contribution in [0.3, 0.4) is 0 Å². The van der Waals surface area contributed by atoms with Gasteiger partial charge in [-0.1, -0.05) is 20.8 Å². The van der Waals surface area contributed by atoms with Gasteiger partial charge >= 0.3 is 0 Å². The lowest BCUT2D eigenvalue weighted by atomic mass is 10.3. The Hall–Kier alpha value is 0.310. The zero-order valence-electron chi connectivity index (χ0n) is 7.76. The predicted molar refractivity (Wildman–Crippen MR) is 52.9 cm³/mol. The maximum atomic E-state index is 5.74. The molecule has 11 heavy (non-hydrogen) atoms. The first-order chi connectivity index (χ1) is 5.14. The molecule has 1 aliphatic carbocycles. The molecule has 2 heteroatoms. The van der Waals surface area contributed by atoms with E-state index in [4.69, 9.17) is 5.73 Å². The Morgan fingerprint density at radius 1 is 1.73 bits per heavy atom. The van der Waals surface area contributed by atoms with E-state index in [-0.39, 0.29) is 0 Å². The molecule has 0 radical (unpaired) electrons. The Balaban J connectivity index is 2.35. The number of hydrogen-bond acceptors (Lipinski definition) is 2. The summed E-state index contributed by atoms with van der Waals surface area (Å²) in [6.07, 6.45) is 2.59. The highest BCUT2D eigenvalue weighted by Crippen LogP contribution is 2.54. The van der Waals surface area contributed by atoms with Crippen LogP contribution in [0.1, 0.15) is 33.6 Å². The number of thioether (sulfide) groups is 1. The lowest BCUT2D eigenvalue weighted by Crippen LogP contribution is -2.22. The summed E-state index contributed by atoms with van der Waals surface area (Å²) >= 11 is 2.10. The zero-order chi connectivity index (χ0) is 8.48. The molecule has 1 fully saturated rings. The summed E-state index contributed by atoms with van der Waals surface area (Å²) in [7, 11) is 0. The van der Waals surface area contributed by atoms with Crippen molar-refractivity contribution in [3.63, 3.8) is 0 Å². The Morgan fingerprint density at radius 2 is 2.27 bits per heavy atom. The molecule has 0 spiro atoms. The summed E-state index contributed by atoms with van der Waals surface area (Å²) in [5.74, 6) is 0.853. The normalized spacial score (nSPS) is 38.7. The molecule has 3 unspecified atom stereocenters. The molecule has 0 heterocycles. The van der Waals surface area contributed by atoms with E-state index in [2.05, 4.69) is 32.5 Å². The van der Waals surface area contributed by atoms with Gasteiger partial charge in [-0.05, 0) is 18.8 Å². The predicted octanol–water partition coefficient (Wildman–Crippen LogP) is 2.26. The van der Waals surface area contributed by atoms with Crippen LogP contribution in [0.5, 0.6) is 0 Å². The summed E-state index contributed by atoms with van der Waals surface area (Å²) in [6.45, 7) is 7.72. The van der Waals surface area contributed by atoms with Crippen molar-refractivity contribution in [1.82, 2.24) is 0 Å². The first-order valence-corrected chi connectivity index (χ1v) is 5.40. The first kappa shape index (κ1) is 9.40. The van der Waals surface area contributed by atoms with Crippen LogP contribution in [-0.4, -0.2) is 16.5 Å². The van der Waals surface area contributed by atoms with Gasteiger partial charge < -0.3 is 5.73 Å². The van der Waals surface area contributed by atoms with Crippen LogP contribution in [0.4, 0.5) is 0 Å². The third-order valence-electron chi connectivity index (χ3n) is 2.75. The zero-order valence-corrected chi connectivity index (χ0v) is 8.58. The Morgan fingerprint density at radius 3 is 2.55 bits per heavy atom. The van der Waals surface area contributed by atoms with E-state index in [9.17, 15) is 0 Å². The van der Waals surface area contributed by atoms with Gasteiger partial charge in [0.1, 0.15) is 0 Å². The smallest absolute Gasteiger partial charge is 0.0313 e. The van der Waals surface area contributed by atoms with Crippen LogP contribution in [0.2, 0.25) is 0 Å². The van der Waals surface area contributed by atoms with Crippen molar-refractivity contribution in [3.05, 3.63) is 0 Å². The average molecular weight is 173 g/mol. The molecule has 66 valence electrons. The maximum absolute atomic E-state index is 5.74. The van der Waals surface area contributed by atoms with E-state index in [1.807, 2.05) is 0 Å². The van der Waals surface area contributed by atoms with Gasteiger partial charge in [0.15, 0.2) is 0 Å². The largest absolute Gasteiger partial charge is 0.329 e. The first-order valence-electron chi connectivity index (χ1n) is 4.52. The van der Waals surface area contributed by atoms with Crippen molar-refractivity contribution in [1.29, 1.82) is 0 Å². The van der Waals surface area contributed by atoms with Gasteiger partial charge in [-0.2, -0.15) is 11.8 Å². The minimum absolute atomic E-state index is 0.468. The molecule has 2 N–H and O–H groups in total. The van der Waals surface area contributed by atoms with Crippen LogP contribution in [0.15, 0.2) is 0 Å². The van der Waals surface area contributed by atoms with Crippen molar-refractivity contribution < 1.29 is 0 Å². The Kier molecular flexibility index (Phi) is 2.87. The lowest BCUT2D eigenvalue weighted by molar-refractivity contribution is 0.791. The second-order valence-corrected chi connectivity index (χ2v) is 5.56. The standard InChI is InChI=1S/C9H19NS/c1-4-8(3)11-9(6-10)5-7(9)2/h7-8H,4-6,10H2,1-3H3. The second-order valence-electron chi connectivity index (χ2n) is 3.71. The Bertz CT molecular complexity index is 134. The minimum Gasteiger partial charge on any atom is -0.329 e. The fourth-order valence-electron chi connectivity index (χ4n) is 1.44. The van der Waals surface area contributed by atoms with Crippen LogP contribution in [0, 0.1) is 5.92 Å². The molecular formula is C9H19NS. The number of nitrogens with two attached hydrogens (primary N) is 1. The monoisotopic (exact) mass is 173 g/mol. The van der Waals surface area contributed by atoms with Gasteiger partial charge in [-0.25, -0.2) is 0 Å². The molecule has 1 aliphatic rings. The van der Waals surface area contributed by atoms with Gasteiger partial charge in [0.25, 0.3) is 0 Å². The number of rotatable bonds is 4. The molecule has 0 aliphatic heterocycles. The molecule has 0 aromatic rings. The van der Waals surface area contributed by atoms with E-state index in [0.717, 1.165) is 17.7 Å². The van der Waals surface area contributed by atoms with Crippen LogP contribution < -0.4 is 5.73 Å².